The van der Waals surface area contributed by atoms with E-state index in [1.165, 1.54) is 0 Å². The molecule has 0 unspecified atom stereocenters. The third kappa shape index (κ3) is 2.52. The monoisotopic (exact) mass is 284 g/mol. The van der Waals surface area contributed by atoms with Crippen LogP contribution in [0, 0.1) is 13.8 Å². The first-order valence-electron chi connectivity index (χ1n) is 6.68. The molecule has 6 nitrogen and oxygen atoms in total. The zero-order valence-corrected chi connectivity index (χ0v) is 12.2. The second-order valence-corrected chi connectivity index (χ2v) is 5.01. The third-order valence-corrected chi connectivity index (χ3v) is 3.41. The van der Waals surface area contributed by atoms with Crippen molar-refractivity contribution in [2.24, 2.45) is 7.05 Å². The summed E-state index contributed by atoms with van der Waals surface area (Å²) in [6.07, 6.45) is 0. The van der Waals surface area contributed by atoms with Crippen molar-refractivity contribution in [2.45, 2.75) is 20.4 Å². The predicted molar refractivity (Wildman–Crippen MR) is 77.9 cm³/mol. The minimum Gasteiger partial charge on any atom is -0.439 e. The van der Waals surface area contributed by atoms with E-state index in [-0.39, 0.29) is 12.5 Å². The summed E-state index contributed by atoms with van der Waals surface area (Å²) >= 11 is 0. The van der Waals surface area contributed by atoms with Crippen molar-refractivity contribution in [1.29, 1.82) is 0 Å². The Morgan fingerprint density at radius 1 is 1.38 bits per heavy atom. The van der Waals surface area contributed by atoms with Crippen LogP contribution in [0.15, 0.2) is 28.7 Å². The summed E-state index contributed by atoms with van der Waals surface area (Å²) in [5.74, 6) is 0.248. The summed E-state index contributed by atoms with van der Waals surface area (Å²) in [5, 5.41) is 6.90. The summed E-state index contributed by atoms with van der Waals surface area (Å²) in [5.41, 5.74) is 3.93. The number of rotatable bonds is 3. The van der Waals surface area contributed by atoms with Crippen LogP contribution in [0.3, 0.4) is 0 Å². The highest BCUT2D eigenvalue weighted by molar-refractivity contribution is 5.92. The number of benzene rings is 1. The number of para-hydroxylation sites is 1. The van der Waals surface area contributed by atoms with Crippen molar-refractivity contribution in [2.75, 3.05) is 0 Å². The molecule has 0 fully saturated rings. The molecule has 2 aromatic heterocycles. The third-order valence-electron chi connectivity index (χ3n) is 3.41. The van der Waals surface area contributed by atoms with E-state index >= 15 is 0 Å². The highest BCUT2D eigenvalue weighted by Gasteiger charge is 2.13. The fraction of sp³-hybridized carbons (Fsp3) is 0.267. The Kier molecular flexibility index (Phi) is 3.21. The Balaban J connectivity index is 1.74. The van der Waals surface area contributed by atoms with Crippen LogP contribution in [0.4, 0.5) is 0 Å². The number of nitrogens with one attached hydrogen (secondary N) is 1. The van der Waals surface area contributed by atoms with E-state index in [2.05, 4.69) is 15.4 Å². The summed E-state index contributed by atoms with van der Waals surface area (Å²) < 4.78 is 7.28. The molecule has 0 spiro atoms. The lowest BCUT2D eigenvalue weighted by Crippen LogP contribution is -2.23. The number of carbonyl (C=O) groups is 1. The first-order chi connectivity index (χ1) is 10.0. The minimum absolute atomic E-state index is 0.238. The smallest absolute Gasteiger partial charge is 0.272 e. The largest absolute Gasteiger partial charge is 0.439 e. The molecule has 6 heteroatoms. The first kappa shape index (κ1) is 13.4. The van der Waals surface area contributed by atoms with Crippen LogP contribution < -0.4 is 5.32 Å². The fourth-order valence-corrected chi connectivity index (χ4v) is 2.13. The van der Waals surface area contributed by atoms with Crippen LogP contribution in [-0.4, -0.2) is 20.7 Å². The van der Waals surface area contributed by atoms with E-state index in [0.29, 0.717) is 11.6 Å². The number of nitrogens with zero attached hydrogens (tertiary/aromatic N) is 3. The topological polar surface area (TPSA) is 73.0 Å². The van der Waals surface area contributed by atoms with Crippen LogP contribution in [0.25, 0.3) is 11.1 Å². The summed E-state index contributed by atoms with van der Waals surface area (Å²) in [7, 11) is 1.80. The van der Waals surface area contributed by atoms with E-state index in [1.807, 2.05) is 32.0 Å². The number of fused-ring (bicyclic) bond motifs is 1. The molecule has 1 N–H and O–H groups in total. The average molecular weight is 284 g/mol. The lowest BCUT2D eigenvalue weighted by Gasteiger charge is -1.98. The van der Waals surface area contributed by atoms with Crippen molar-refractivity contribution in [3.8, 4) is 0 Å². The van der Waals surface area contributed by atoms with Crippen LogP contribution in [0.5, 0.6) is 0 Å². The van der Waals surface area contributed by atoms with Crippen molar-refractivity contribution in [3.63, 3.8) is 0 Å². The maximum absolute atomic E-state index is 12.0. The van der Waals surface area contributed by atoms with Gasteiger partial charge in [0.1, 0.15) is 11.2 Å². The molecule has 0 saturated heterocycles. The minimum atomic E-state index is -0.238. The molecule has 108 valence electrons. The van der Waals surface area contributed by atoms with E-state index in [0.717, 1.165) is 22.4 Å². The van der Waals surface area contributed by atoms with Crippen LogP contribution in [0.1, 0.15) is 27.6 Å². The number of hydrogen-bond donors (Lipinski definition) is 1. The highest BCUT2D eigenvalue weighted by Crippen LogP contribution is 2.18. The molecule has 2 heterocycles. The molecular weight excluding hydrogens is 268 g/mol. The van der Waals surface area contributed by atoms with Crippen LogP contribution in [0.2, 0.25) is 0 Å². The van der Waals surface area contributed by atoms with Gasteiger partial charge in [0.2, 0.25) is 5.89 Å². The van der Waals surface area contributed by atoms with E-state index < -0.39 is 0 Å². The average Bonchev–Trinajstić information content (AvgIpc) is 3.01. The van der Waals surface area contributed by atoms with Gasteiger partial charge in [-0.15, -0.1) is 0 Å². The molecule has 0 saturated carbocycles. The Morgan fingerprint density at radius 2 is 2.19 bits per heavy atom. The second kappa shape index (κ2) is 5.05. The van der Waals surface area contributed by atoms with Crippen LogP contribution in [-0.2, 0) is 13.6 Å². The number of aryl methyl sites for hydroxylation is 3. The Bertz CT molecular complexity index is 797. The molecule has 0 aliphatic carbocycles. The van der Waals surface area contributed by atoms with Crippen molar-refractivity contribution >= 4 is 17.0 Å². The number of amides is 1. The molecule has 0 atom stereocenters. The van der Waals surface area contributed by atoms with E-state index in [1.54, 1.807) is 17.8 Å². The van der Waals surface area contributed by atoms with Gasteiger partial charge in [0.25, 0.3) is 5.91 Å². The quantitative estimate of drug-likeness (QED) is 0.799. The molecule has 1 amide bonds. The van der Waals surface area contributed by atoms with Gasteiger partial charge in [0, 0.05) is 12.7 Å². The van der Waals surface area contributed by atoms with Gasteiger partial charge in [-0.25, -0.2) is 4.98 Å². The molecule has 21 heavy (non-hydrogen) atoms. The maximum Gasteiger partial charge on any atom is 0.272 e. The lowest BCUT2D eigenvalue weighted by atomic mass is 10.2. The maximum atomic E-state index is 12.0. The number of carbonyl (C=O) groups excluding carboxylic acids is 1. The number of aromatic nitrogens is 3. The normalized spacial score (nSPS) is 11.0. The van der Waals surface area contributed by atoms with Gasteiger partial charge in [0.15, 0.2) is 5.58 Å². The molecular formula is C15H16N4O2. The summed E-state index contributed by atoms with van der Waals surface area (Å²) in [4.78, 5) is 16.4. The zero-order chi connectivity index (χ0) is 15.0. The van der Waals surface area contributed by atoms with Gasteiger partial charge >= 0.3 is 0 Å². The van der Waals surface area contributed by atoms with E-state index in [4.69, 9.17) is 4.42 Å². The van der Waals surface area contributed by atoms with E-state index in [9.17, 15) is 4.79 Å². The Hall–Kier alpha value is -2.63. The van der Waals surface area contributed by atoms with Crippen molar-refractivity contribution in [3.05, 3.63) is 47.1 Å². The van der Waals surface area contributed by atoms with Crippen molar-refractivity contribution in [1.82, 2.24) is 20.1 Å². The Morgan fingerprint density at radius 3 is 2.86 bits per heavy atom. The van der Waals surface area contributed by atoms with Gasteiger partial charge < -0.3 is 9.73 Å². The molecule has 0 radical (unpaired) electrons. The molecule has 0 aliphatic heterocycles. The standard InChI is InChI=1S/C15H16N4O2/c1-9-5-4-6-12-14(9)17-13(21-12)8-16-15(20)11-7-10(2)19(3)18-11/h4-7H,8H2,1-3H3,(H,16,20). The Labute approximate surface area is 121 Å². The van der Waals surface area contributed by atoms with Gasteiger partial charge in [-0.1, -0.05) is 12.1 Å². The van der Waals surface area contributed by atoms with Gasteiger partial charge in [-0.05, 0) is 31.5 Å². The lowest BCUT2D eigenvalue weighted by molar-refractivity contribution is 0.0942. The molecule has 1 aromatic carbocycles. The molecule has 0 bridgehead atoms. The zero-order valence-electron chi connectivity index (χ0n) is 12.2. The van der Waals surface area contributed by atoms with Gasteiger partial charge in [-0.3, -0.25) is 9.48 Å². The summed E-state index contributed by atoms with van der Waals surface area (Å²) in [6, 6.07) is 7.50. The fourth-order valence-electron chi connectivity index (χ4n) is 2.13. The molecule has 3 aromatic rings. The number of oxazole rings is 1. The van der Waals surface area contributed by atoms with Gasteiger partial charge in [0.05, 0.1) is 6.54 Å². The SMILES string of the molecule is Cc1cccc2oc(CNC(=O)c3cc(C)n(C)n3)nc12. The number of hydrogen-bond acceptors (Lipinski definition) is 4. The molecule has 3 rings (SSSR count). The highest BCUT2D eigenvalue weighted by atomic mass is 16.3. The second-order valence-electron chi connectivity index (χ2n) is 5.01. The van der Waals surface area contributed by atoms with Crippen LogP contribution >= 0.6 is 0 Å². The van der Waals surface area contributed by atoms with Gasteiger partial charge in [-0.2, -0.15) is 5.10 Å². The molecule has 0 aliphatic rings. The first-order valence-corrected chi connectivity index (χ1v) is 6.68. The summed E-state index contributed by atoms with van der Waals surface area (Å²) in [6.45, 7) is 4.11. The predicted octanol–water partition coefficient (Wildman–Crippen LogP) is 2.11. The van der Waals surface area contributed by atoms with Crippen molar-refractivity contribution < 1.29 is 9.21 Å².